The van der Waals surface area contributed by atoms with Crippen LogP contribution in [-0.2, 0) is 10.1 Å². The number of rotatable bonds is 4. The normalized spacial score (nSPS) is 10.7. The van der Waals surface area contributed by atoms with Gasteiger partial charge in [-0.25, -0.2) is 13.6 Å². The molecule has 3 nitrogen and oxygen atoms in total. The first kappa shape index (κ1) is 14.7. The number of nitrogens with zero attached hydrogens (tertiary/aromatic N) is 1. The Bertz CT molecular complexity index is 429. The summed E-state index contributed by atoms with van der Waals surface area (Å²) in [5.41, 5.74) is -0.182. The second-order valence-corrected chi connectivity index (χ2v) is 4.72. The molecule has 0 spiro atoms. The Hall–Kier alpha value is -0.310. The SMILES string of the molecule is CCOC(=O)c1c(C(F)F)ncc(I)c1CBr. The van der Waals surface area contributed by atoms with Gasteiger partial charge in [-0.15, -0.1) is 0 Å². The van der Waals surface area contributed by atoms with E-state index in [1.54, 1.807) is 6.92 Å². The highest BCUT2D eigenvalue weighted by Gasteiger charge is 2.25. The van der Waals surface area contributed by atoms with Gasteiger partial charge in [0.1, 0.15) is 5.69 Å². The van der Waals surface area contributed by atoms with E-state index in [9.17, 15) is 13.6 Å². The summed E-state index contributed by atoms with van der Waals surface area (Å²) in [5.74, 6) is -0.761. The van der Waals surface area contributed by atoms with E-state index in [1.165, 1.54) is 6.20 Å². The highest BCUT2D eigenvalue weighted by Crippen LogP contribution is 2.28. The maximum Gasteiger partial charge on any atom is 0.340 e. The average Bonchev–Trinajstić information content (AvgIpc) is 2.28. The molecule has 0 aliphatic carbocycles. The second-order valence-electron chi connectivity index (χ2n) is 3.00. The van der Waals surface area contributed by atoms with Crippen LogP contribution < -0.4 is 0 Å². The summed E-state index contributed by atoms with van der Waals surface area (Å²) in [7, 11) is 0. The van der Waals surface area contributed by atoms with Gasteiger partial charge in [-0.05, 0) is 35.1 Å². The zero-order valence-electron chi connectivity index (χ0n) is 8.84. The fourth-order valence-corrected chi connectivity index (χ4v) is 2.98. The van der Waals surface area contributed by atoms with Crippen LogP contribution in [-0.4, -0.2) is 17.6 Å². The van der Waals surface area contributed by atoms with Crippen LogP contribution in [0.25, 0.3) is 0 Å². The van der Waals surface area contributed by atoms with Crippen molar-refractivity contribution in [3.05, 3.63) is 26.6 Å². The lowest BCUT2D eigenvalue weighted by Gasteiger charge is -2.12. The molecule has 0 saturated carbocycles. The van der Waals surface area contributed by atoms with Crippen LogP contribution in [0.5, 0.6) is 0 Å². The number of carbonyl (C=O) groups is 1. The number of hydrogen-bond donors (Lipinski definition) is 0. The van der Waals surface area contributed by atoms with E-state index in [-0.39, 0.29) is 12.2 Å². The lowest BCUT2D eigenvalue weighted by molar-refractivity contribution is 0.0512. The molecule has 7 heteroatoms. The first-order valence-electron chi connectivity index (χ1n) is 4.71. The van der Waals surface area contributed by atoms with Crippen molar-refractivity contribution < 1.29 is 18.3 Å². The van der Waals surface area contributed by atoms with Gasteiger partial charge >= 0.3 is 5.97 Å². The Morgan fingerprint density at radius 1 is 1.65 bits per heavy atom. The third-order valence-corrected chi connectivity index (χ3v) is 3.47. The Morgan fingerprint density at radius 2 is 2.29 bits per heavy atom. The molecule has 1 rings (SSSR count). The minimum absolute atomic E-state index is 0.134. The van der Waals surface area contributed by atoms with E-state index >= 15 is 0 Å². The van der Waals surface area contributed by atoms with E-state index in [0.717, 1.165) is 0 Å². The van der Waals surface area contributed by atoms with Crippen LogP contribution in [0, 0.1) is 3.57 Å². The largest absolute Gasteiger partial charge is 0.462 e. The molecule has 0 aliphatic heterocycles. The molecule has 0 aromatic carbocycles. The van der Waals surface area contributed by atoms with Crippen molar-refractivity contribution in [1.82, 2.24) is 4.98 Å². The molecule has 0 fully saturated rings. The first-order chi connectivity index (χ1) is 8.02. The molecule has 17 heavy (non-hydrogen) atoms. The second kappa shape index (κ2) is 6.58. The van der Waals surface area contributed by atoms with Crippen molar-refractivity contribution in [2.24, 2.45) is 0 Å². The fraction of sp³-hybridized carbons (Fsp3) is 0.400. The number of halogens is 4. The van der Waals surface area contributed by atoms with Crippen LogP contribution >= 0.6 is 38.5 Å². The third-order valence-electron chi connectivity index (χ3n) is 1.98. The number of pyridine rings is 1. The minimum atomic E-state index is -2.80. The predicted molar refractivity (Wildman–Crippen MR) is 70.5 cm³/mol. The molecule has 0 radical (unpaired) electrons. The van der Waals surface area contributed by atoms with Crippen molar-refractivity contribution in [1.29, 1.82) is 0 Å². The van der Waals surface area contributed by atoms with Gasteiger partial charge in [0.25, 0.3) is 6.43 Å². The molecule has 0 N–H and O–H groups in total. The lowest BCUT2D eigenvalue weighted by Crippen LogP contribution is -2.14. The summed E-state index contributed by atoms with van der Waals surface area (Å²) in [6, 6.07) is 0. The van der Waals surface area contributed by atoms with Crippen LogP contribution in [0.3, 0.4) is 0 Å². The molecule has 1 heterocycles. The minimum Gasteiger partial charge on any atom is -0.462 e. The van der Waals surface area contributed by atoms with Gasteiger partial charge in [-0.2, -0.15) is 0 Å². The number of carbonyl (C=O) groups excluding carboxylic acids is 1. The van der Waals surface area contributed by atoms with Gasteiger partial charge in [0.15, 0.2) is 0 Å². The number of hydrogen-bond acceptors (Lipinski definition) is 3. The van der Waals surface area contributed by atoms with Crippen LogP contribution in [0.1, 0.15) is 35.0 Å². The van der Waals surface area contributed by atoms with E-state index < -0.39 is 18.1 Å². The Kier molecular flexibility index (Phi) is 5.71. The Labute approximate surface area is 119 Å². The summed E-state index contributed by atoms with van der Waals surface area (Å²) >= 11 is 5.12. The highest BCUT2D eigenvalue weighted by molar-refractivity contribution is 14.1. The maximum atomic E-state index is 12.8. The number of ether oxygens (including phenoxy) is 1. The number of esters is 1. The van der Waals surface area contributed by atoms with E-state index in [2.05, 4.69) is 20.9 Å². The zero-order chi connectivity index (χ0) is 13.0. The summed E-state index contributed by atoms with van der Waals surface area (Å²) in [6.07, 6.45) is -1.48. The average molecular weight is 420 g/mol. The van der Waals surface area contributed by atoms with Crippen molar-refractivity contribution in [2.75, 3.05) is 6.61 Å². The smallest absolute Gasteiger partial charge is 0.340 e. The Morgan fingerprint density at radius 3 is 2.76 bits per heavy atom. The third kappa shape index (κ3) is 3.34. The molecule has 0 amide bonds. The van der Waals surface area contributed by atoms with Gasteiger partial charge < -0.3 is 4.74 Å². The molecule has 1 aromatic rings. The number of alkyl halides is 3. The zero-order valence-corrected chi connectivity index (χ0v) is 12.6. The van der Waals surface area contributed by atoms with Crippen molar-refractivity contribution in [3.63, 3.8) is 0 Å². The van der Waals surface area contributed by atoms with Crippen LogP contribution in [0.4, 0.5) is 8.78 Å². The fourth-order valence-electron chi connectivity index (χ4n) is 1.27. The van der Waals surface area contributed by atoms with Gasteiger partial charge in [-0.1, -0.05) is 15.9 Å². The van der Waals surface area contributed by atoms with Gasteiger partial charge in [0.05, 0.1) is 12.2 Å². The number of aromatic nitrogens is 1. The lowest BCUT2D eigenvalue weighted by atomic mass is 10.1. The van der Waals surface area contributed by atoms with E-state index in [1.807, 2.05) is 22.6 Å². The predicted octanol–water partition coefficient (Wildman–Crippen LogP) is 3.70. The monoisotopic (exact) mass is 419 g/mol. The summed E-state index contributed by atoms with van der Waals surface area (Å²) in [5, 5.41) is 0.293. The van der Waals surface area contributed by atoms with E-state index in [0.29, 0.717) is 14.5 Å². The van der Waals surface area contributed by atoms with Gasteiger partial charge in [-0.3, -0.25) is 4.98 Å². The summed E-state index contributed by atoms with van der Waals surface area (Å²) in [6.45, 7) is 1.75. The van der Waals surface area contributed by atoms with Gasteiger partial charge in [0.2, 0.25) is 0 Å². The molecule has 0 unspecified atom stereocenters. The molecular formula is C10H9BrF2INO2. The molecule has 1 aromatic heterocycles. The first-order valence-corrected chi connectivity index (χ1v) is 6.91. The van der Waals surface area contributed by atoms with Gasteiger partial charge in [0, 0.05) is 15.1 Å². The topological polar surface area (TPSA) is 39.2 Å². The molecule has 0 saturated heterocycles. The van der Waals surface area contributed by atoms with Crippen molar-refractivity contribution in [2.45, 2.75) is 18.7 Å². The molecule has 0 atom stereocenters. The van der Waals surface area contributed by atoms with Crippen LogP contribution in [0.15, 0.2) is 6.20 Å². The standard InChI is InChI=1S/C10H9BrF2INO2/c1-2-17-10(16)7-5(3-11)6(14)4-15-8(7)9(12)13/h4,9H,2-3H2,1H3. The summed E-state index contributed by atoms with van der Waals surface area (Å²) < 4.78 is 31.0. The van der Waals surface area contributed by atoms with Crippen molar-refractivity contribution >= 4 is 44.5 Å². The molecule has 0 bridgehead atoms. The van der Waals surface area contributed by atoms with E-state index in [4.69, 9.17) is 4.74 Å². The highest BCUT2D eigenvalue weighted by atomic mass is 127. The quantitative estimate of drug-likeness (QED) is 0.424. The molecular weight excluding hydrogens is 411 g/mol. The molecule has 94 valence electrons. The maximum absolute atomic E-state index is 12.8. The van der Waals surface area contributed by atoms with Crippen LogP contribution in [0.2, 0.25) is 0 Å². The Balaban J connectivity index is 3.38. The summed E-state index contributed by atoms with van der Waals surface area (Å²) in [4.78, 5) is 15.3. The molecule has 0 aliphatic rings. The van der Waals surface area contributed by atoms with Crippen molar-refractivity contribution in [3.8, 4) is 0 Å².